The van der Waals surface area contributed by atoms with Crippen molar-refractivity contribution in [3.8, 4) is 0 Å². The fourth-order valence-electron chi connectivity index (χ4n) is 2.96. The Balaban J connectivity index is 1.62. The Bertz CT molecular complexity index is 1100. The van der Waals surface area contributed by atoms with E-state index in [0.717, 1.165) is 17.7 Å². The third-order valence-electron chi connectivity index (χ3n) is 4.55. The average molecular weight is 411 g/mol. The Morgan fingerprint density at radius 1 is 1.07 bits per heavy atom. The van der Waals surface area contributed by atoms with Crippen LogP contribution in [0.4, 0.5) is 10.1 Å². The van der Waals surface area contributed by atoms with Crippen LogP contribution in [0.1, 0.15) is 37.7 Å². The van der Waals surface area contributed by atoms with Crippen LogP contribution >= 0.6 is 0 Å². The van der Waals surface area contributed by atoms with Crippen LogP contribution in [0.3, 0.4) is 0 Å². The van der Waals surface area contributed by atoms with Crippen molar-refractivity contribution in [2.75, 3.05) is 6.61 Å². The van der Waals surface area contributed by atoms with Gasteiger partial charge in [-0.1, -0.05) is 12.1 Å². The lowest BCUT2D eigenvalue weighted by Gasteiger charge is -2.07. The van der Waals surface area contributed by atoms with Crippen LogP contribution in [0.25, 0.3) is 0 Å². The smallest absolute Gasteiger partial charge is 0.338 e. The number of Topliss-reactive ketones (excluding diaryl/α,β-unsaturated/α-hetero) is 1. The molecule has 0 radical (unpaired) electrons. The summed E-state index contributed by atoms with van der Waals surface area (Å²) in [4.78, 5) is 34.8. The third-order valence-corrected chi connectivity index (χ3v) is 4.55. The fraction of sp³-hybridized carbons (Fsp3) is 0.190. The molecule has 0 aliphatic heterocycles. The second kappa shape index (κ2) is 8.64. The van der Waals surface area contributed by atoms with Gasteiger partial charge >= 0.3 is 11.7 Å². The van der Waals surface area contributed by atoms with Crippen molar-refractivity contribution in [3.05, 3.63) is 92.5 Å². The second-order valence-electron chi connectivity index (χ2n) is 6.64. The number of hydrogen-bond acceptors (Lipinski definition) is 6. The zero-order valence-electron chi connectivity index (χ0n) is 16.3. The standard InChI is InChI=1S/C21H18FN3O5/c1-13-20(25(28)29)14(2)24(23-13)11-15-3-5-17(6-4-15)21(27)30-12-19(26)16-7-9-18(22)10-8-16/h3-10H,11-12H2,1-2H3. The number of nitro groups is 1. The van der Waals surface area contributed by atoms with Crippen LogP contribution in [0.2, 0.25) is 0 Å². The van der Waals surface area contributed by atoms with Crippen molar-refractivity contribution >= 4 is 17.4 Å². The van der Waals surface area contributed by atoms with Gasteiger partial charge < -0.3 is 4.74 Å². The van der Waals surface area contributed by atoms with Crippen LogP contribution in [-0.2, 0) is 11.3 Å². The minimum Gasteiger partial charge on any atom is -0.454 e. The maximum absolute atomic E-state index is 12.9. The third kappa shape index (κ3) is 4.57. The summed E-state index contributed by atoms with van der Waals surface area (Å²) in [6.45, 7) is 3.05. The molecule has 0 unspecified atom stereocenters. The van der Waals surface area contributed by atoms with E-state index in [1.807, 2.05) is 0 Å². The van der Waals surface area contributed by atoms with E-state index >= 15 is 0 Å². The van der Waals surface area contributed by atoms with E-state index in [2.05, 4.69) is 5.10 Å². The summed E-state index contributed by atoms with van der Waals surface area (Å²) < 4.78 is 19.5. The molecule has 0 amide bonds. The zero-order chi connectivity index (χ0) is 21.8. The number of nitrogens with zero attached hydrogens (tertiary/aromatic N) is 3. The van der Waals surface area contributed by atoms with E-state index in [9.17, 15) is 24.1 Å². The maximum Gasteiger partial charge on any atom is 0.338 e. The molecule has 2 aromatic carbocycles. The molecule has 0 bridgehead atoms. The molecule has 9 heteroatoms. The largest absolute Gasteiger partial charge is 0.454 e. The summed E-state index contributed by atoms with van der Waals surface area (Å²) >= 11 is 0. The van der Waals surface area contributed by atoms with Gasteiger partial charge in [0.15, 0.2) is 12.4 Å². The number of benzene rings is 2. The first-order valence-electron chi connectivity index (χ1n) is 8.99. The monoisotopic (exact) mass is 411 g/mol. The van der Waals surface area contributed by atoms with Crippen LogP contribution in [0.15, 0.2) is 48.5 Å². The van der Waals surface area contributed by atoms with Gasteiger partial charge in [0.2, 0.25) is 0 Å². The van der Waals surface area contributed by atoms with Crippen molar-refractivity contribution in [1.82, 2.24) is 9.78 Å². The lowest BCUT2D eigenvalue weighted by atomic mass is 10.1. The normalized spacial score (nSPS) is 10.6. The molecule has 1 heterocycles. The van der Waals surface area contributed by atoms with Gasteiger partial charge in [-0.2, -0.15) is 5.10 Å². The molecule has 0 aliphatic rings. The molecule has 3 rings (SSSR count). The minimum absolute atomic E-state index is 0.0129. The maximum atomic E-state index is 12.9. The minimum atomic E-state index is -0.668. The van der Waals surface area contributed by atoms with Gasteiger partial charge in [-0.3, -0.25) is 19.6 Å². The number of rotatable bonds is 7. The quantitative estimate of drug-likeness (QED) is 0.254. The molecule has 1 aromatic heterocycles. The van der Waals surface area contributed by atoms with E-state index in [-0.39, 0.29) is 16.8 Å². The summed E-state index contributed by atoms with van der Waals surface area (Å²) in [5.41, 5.74) is 2.06. The van der Waals surface area contributed by atoms with Crippen LogP contribution < -0.4 is 0 Å². The van der Waals surface area contributed by atoms with E-state index in [0.29, 0.717) is 17.9 Å². The van der Waals surface area contributed by atoms with E-state index < -0.39 is 29.1 Å². The Morgan fingerprint density at radius 2 is 1.67 bits per heavy atom. The number of aryl methyl sites for hydroxylation is 1. The Labute approximate surface area is 171 Å². The summed E-state index contributed by atoms with van der Waals surface area (Å²) in [6.07, 6.45) is 0. The van der Waals surface area contributed by atoms with E-state index in [1.165, 1.54) is 16.8 Å². The second-order valence-corrected chi connectivity index (χ2v) is 6.64. The molecular formula is C21H18FN3O5. The van der Waals surface area contributed by atoms with Crippen molar-refractivity contribution in [2.24, 2.45) is 0 Å². The van der Waals surface area contributed by atoms with Crippen molar-refractivity contribution in [3.63, 3.8) is 0 Å². The molecule has 0 atom stereocenters. The van der Waals surface area contributed by atoms with Crippen LogP contribution in [-0.4, -0.2) is 33.1 Å². The van der Waals surface area contributed by atoms with Gasteiger partial charge in [-0.25, -0.2) is 9.18 Å². The number of hydrogen-bond donors (Lipinski definition) is 0. The highest BCUT2D eigenvalue weighted by atomic mass is 19.1. The Morgan fingerprint density at radius 3 is 2.23 bits per heavy atom. The van der Waals surface area contributed by atoms with Gasteiger partial charge in [-0.05, 0) is 55.8 Å². The lowest BCUT2D eigenvalue weighted by Crippen LogP contribution is -2.14. The summed E-state index contributed by atoms with van der Waals surface area (Å²) in [5.74, 6) is -1.57. The summed E-state index contributed by atoms with van der Waals surface area (Å²) in [7, 11) is 0. The SMILES string of the molecule is Cc1nn(Cc2ccc(C(=O)OCC(=O)c3ccc(F)cc3)cc2)c(C)c1[N+](=O)[O-]. The first kappa shape index (κ1) is 20.8. The number of aromatic nitrogens is 2. The van der Waals surface area contributed by atoms with Crippen molar-refractivity contribution < 1.29 is 23.6 Å². The van der Waals surface area contributed by atoms with Gasteiger partial charge in [-0.15, -0.1) is 0 Å². The molecule has 30 heavy (non-hydrogen) atoms. The molecule has 0 aliphatic carbocycles. The topological polar surface area (TPSA) is 104 Å². The highest BCUT2D eigenvalue weighted by Crippen LogP contribution is 2.22. The number of esters is 1. The molecule has 154 valence electrons. The Hall–Kier alpha value is -3.88. The predicted molar refractivity (Wildman–Crippen MR) is 105 cm³/mol. The molecule has 0 saturated heterocycles. The summed E-state index contributed by atoms with van der Waals surface area (Å²) in [5, 5.41) is 15.3. The number of carbonyl (C=O) groups excluding carboxylic acids is 2. The first-order valence-corrected chi connectivity index (χ1v) is 8.99. The predicted octanol–water partition coefficient (Wildman–Crippen LogP) is 3.64. The molecule has 0 N–H and O–H groups in total. The van der Waals surface area contributed by atoms with Gasteiger partial charge in [0, 0.05) is 5.56 Å². The molecule has 0 spiro atoms. The van der Waals surface area contributed by atoms with Gasteiger partial charge in [0.05, 0.1) is 17.0 Å². The van der Waals surface area contributed by atoms with Gasteiger partial charge in [0.25, 0.3) is 0 Å². The fourth-order valence-corrected chi connectivity index (χ4v) is 2.96. The highest BCUT2D eigenvalue weighted by molar-refractivity contribution is 5.99. The summed E-state index contributed by atoms with van der Waals surface area (Å²) in [6, 6.07) is 11.4. The number of carbonyl (C=O) groups is 2. The Kier molecular flexibility index (Phi) is 6.01. The molecule has 8 nitrogen and oxygen atoms in total. The van der Waals surface area contributed by atoms with E-state index in [1.54, 1.807) is 38.1 Å². The van der Waals surface area contributed by atoms with Crippen LogP contribution in [0.5, 0.6) is 0 Å². The number of ketones is 1. The highest BCUT2D eigenvalue weighted by Gasteiger charge is 2.21. The molecule has 3 aromatic rings. The van der Waals surface area contributed by atoms with E-state index in [4.69, 9.17) is 4.74 Å². The number of ether oxygens (including phenoxy) is 1. The molecule has 0 fully saturated rings. The van der Waals surface area contributed by atoms with Crippen molar-refractivity contribution in [1.29, 1.82) is 0 Å². The molecule has 0 saturated carbocycles. The van der Waals surface area contributed by atoms with Gasteiger partial charge in [0.1, 0.15) is 17.2 Å². The van der Waals surface area contributed by atoms with Crippen molar-refractivity contribution in [2.45, 2.75) is 20.4 Å². The average Bonchev–Trinajstić information content (AvgIpc) is 3.00. The van der Waals surface area contributed by atoms with Crippen LogP contribution in [0, 0.1) is 29.8 Å². The number of halogens is 1. The lowest BCUT2D eigenvalue weighted by molar-refractivity contribution is -0.386. The molecular weight excluding hydrogens is 393 g/mol. The zero-order valence-corrected chi connectivity index (χ0v) is 16.3. The first-order chi connectivity index (χ1) is 14.3.